The summed E-state index contributed by atoms with van der Waals surface area (Å²) in [5.41, 5.74) is 2.45. The number of hydrogen-bond donors (Lipinski definition) is 2. The van der Waals surface area contributed by atoms with Gasteiger partial charge in [0.15, 0.2) is 0 Å². The zero-order chi connectivity index (χ0) is 19.2. The zero-order valence-electron chi connectivity index (χ0n) is 16.8. The van der Waals surface area contributed by atoms with Crippen LogP contribution in [-0.2, 0) is 0 Å². The highest BCUT2D eigenvalue weighted by molar-refractivity contribution is 7.99. The van der Waals surface area contributed by atoms with Crippen LogP contribution < -0.4 is 5.32 Å². The number of thioether (sulfide) groups is 1. The summed E-state index contributed by atoms with van der Waals surface area (Å²) >= 11 is 1.86. The fraction of sp³-hybridized carbons (Fsp3) is 0.500. The van der Waals surface area contributed by atoms with Gasteiger partial charge in [-0.1, -0.05) is 62.7 Å². The van der Waals surface area contributed by atoms with Gasteiger partial charge in [-0.15, -0.1) is 11.8 Å². The van der Waals surface area contributed by atoms with Crippen molar-refractivity contribution in [3.8, 4) is 0 Å². The molecule has 0 amide bonds. The molecule has 1 aliphatic carbocycles. The number of benzene rings is 2. The van der Waals surface area contributed by atoms with Gasteiger partial charge in [-0.25, -0.2) is 0 Å². The van der Waals surface area contributed by atoms with Crippen molar-refractivity contribution in [1.29, 1.82) is 0 Å². The normalized spacial score (nSPS) is 22.6. The lowest BCUT2D eigenvalue weighted by Gasteiger charge is -2.33. The quantitative estimate of drug-likeness (QED) is 0.582. The highest BCUT2D eigenvalue weighted by Crippen LogP contribution is 2.33. The van der Waals surface area contributed by atoms with E-state index in [4.69, 9.17) is 0 Å². The highest BCUT2D eigenvalue weighted by atomic mass is 32.2. The Balaban J connectivity index is 1.56. The molecule has 2 aromatic carbocycles. The van der Waals surface area contributed by atoms with Crippen LogP contribution in [-0.4, -0.2) is 22.4 Å². The number of aliphatic hydroxyl groups is 1. The van der Waals surface area contributed by atoms with Gasteiger partial charge >= 0.3 is 0 Å². The van der Waals surface area contributed by atoms with Gasteiger partial charge in [0.25, 0.3) is 0 Å². The van der Waals surface area contributed by atoms with E-state index in [1.54, 1.807) is 0 Å². The van der Waals surface area contributed by atoms with Crippen molar-refractivity contribution in [2.75, 3.05) is 0 Å². The van der Waals surface area contributed by atoms with Crippen molar-refractivity contribution in [2.45, 2.75) is 80.7 Å². The van der Waals surface area contributed by atoms with Crippen molar-refractivity contribution >= 4 is 11.8 Å². The molecule has 1 aliphatic rings. The molecule has 2 unspecified atom stereocenters. The number of hydrogen-bond acceptors (Lipinski definition) is 3. The predicted octanol–water partition coefficient (Wildman–Crippen LogP) is 5.93. The van der Waals surface area contributed by atoms with Gasteiger partial charge in [0.05, 0.1) is 6.10 Å². The molecule has 0 radical (unpaired) electrons. The summed E-state index contributed by atoms with van der Waals surface area (Å²) in [6, 6.07) is 19.8. The van der Waals surface area contributed by atoms with Gasteiger partial charge < -0.3 is 10.4 Å². The molecule has 0 aliphatic heterocycles. The molecule has 2 aromatic rings. The van der Waals surface area contributed by atoms with Crippen molar-refractivity contribution in [3.05, 3.63) is 65.7 Å². The maximum atomic E-state index is 10.8. The summed E-state index contributed by atoms with van der Waals surface area (Å²) in [7, 11) is 0. The van der Waals surface area contributed by atoms with Crippen molar-refractivity contribution < 1.29 is 5.11 Å². The Morgan fingerprint density at radius 1 is 0.963 bits per heavy atom. The van der Waals surface area contributed by atoms with Crippen LogP contribution in [0.4, 0.5) is 0 Å². The maximum Gasteiger partial charge on any atom is 0.0940 e. The zero-order valence-corrected chi connectivity index (χ0v) is 17.6. The average Bonchev–Trinajstić information content (AvgIpc) is 2.68. The molecule has 0 aromatic heterocycles. The van der Waals surface area contributed by atoms with Gasteiger partial charge in [-0.05, 0) is 55.4 Å². The first-order valence-corrected chi connectivity index (χ1v) is 11.2. The van der Waals surface area contributed by atoms with E-state index < -0.39 is 6.10 Å². The van der Waals surface area contributed by atoms with Crippen LogP contribution in [0.15, 0.2) is 59.5 Å². The Hall–Kier alpha value is -1.29. The molecule has 0 bridgehead atoms. The lowest BCUT2D eigenvalue weighted by Crippen LogP contribution is -2.42. The fourth-order valence-corrected chi connectivity index (χ4v) is 4.97. The molecular formula is C24H33NOS. The molecule has 3 heteroatoms. The molecule has 1 saturated carbocycles. The van der Waals surface area contributed by atoms with E-state index in [0.717, 1.165) is 12.0 Å². The third-order valence-electron chi connectivity index (χ3n) is 5.51. The summed E-state index contributed by atoms with van der Waals surface area (Å²) in [4.78, 5) is 1.26. The first-order valence-electron chi connectivity index (χ1n) is 10.3. The van der Waals surface area contributed by atoms with Crippen LogP contribution in [0.2, 0.25) is 0 Å². The largest absolute Gasteiger partial charge is 0.387 e. The molecule has 0 heterocycles. The van der Waals surface area contributed by atoms with E-state index in [1.807, 2.05) is 11.8 Å². The van der Waals surface area contributed by atoms with Crippen molar-refractivity contribution in [3.63, 3.8) is 0 Å². The monoisotopic (exact) mass is 383 g/mol. The first kappa shape index (κ1) is 20.4. The Morgan fingerprint density at radius 2 is 1.67 bits per heavy atom. The molecular weight excluding hydrogens is 350 g/mol. The summed E-state index contributed by atoms with van der Waals surface area (Å²) in [6.07, 6.45) is 4.41. The Labute approximate surface area is 168 Å². The average molecular weight is 384 g/mol. The standard InChI is InChI=1S/C24H33NOS/c1-17(2)27-23-14-12-20(13-15-23)24(26)18(3)25-22-11-7-10-21(16-22)19-8-5-4-6-9-19/h4-6,8-9,12-15,17-18,21-22,24-26H,7,10-11,16H2,1-3H3/t18?,21-,22+,24?/m1/s1. The number of aliphatic hydroxyl groups excluding tert-OH is 1. The topological polar surface area (TPSA) is 32.3 Å². The second-order valence-corrected chi connectivity index (χ2v) is 9.76. The lowest BCUT2D eigenvalue weighted by molar-refractivity contribution is 0.123. The Morgan fingerprint density at radius 3 is 2.33 bits per heavy atom. The fourth-order valence-electron chi connectivity index (χ4n) is 4.14. The molecule has 4 atom stereocenters. The molecule has 2 N–H and O–H groups in total. The second-order valence-electron chi connectivity index (χ2n) is 8.11. The second kappa shape index (κ2) is 9.77. The number of nitrogens with one attached hydrogen (secondary N) is 1. The van der Waals surface area contributed by atoms with Gasteiger partial charge in [0, 0.05) is 22.2 Å². The minimum absolute atomic E-state index is 0.0492. The molecule has 0 spiro atoms. The summed E-state index contributed by atoms with van der Waals surface area (Å²) in [5.74, 6) is 0.633. The van der Waals surface area contributed by atoms with Crippen LogP contribution in [0, 0.1) is 0 Å². The Bertz CT molecular complexity index is 685. The molecule has 1 fully saturated rings. The van der Waals surface area contributed by atoms with Gasteiger partial charge in [0.1, 0.15) is 0 Å². The molecule has 0 saturated heterocycles. The summed E-state index contributed by atoms with van der Waals surface area (Å²) < 4.78 is 0. The highest BCUT2D eigenvalue weighted by Gasteiger charge is 2.26. The summed E-state index contributed by atoms with van der Waals surface area (Å²) in [6.45, 7) is 6.51. The van der Waals surface area contributed by atoms with E-state index in [9.17, 15) is 5.11 Å². The minimum atomic E-state index is -0.472. The first-order chi connectivity index (χ1) is 13.0. The van der Waals surface area contributed by atoms with Gasteiger partial charge in [-0.2, -0.15) is 0 Å². The third kappa shape index (κ3) is 5.84. The van der Waals surface area contributed by atoms with E-state index in [1.165, 1.54) is 29.7 Å². The lowest BCUT2D eigenvalue weighted by atomic mass is 9.81. The maximum absolute atomic E-state index is 10.8. The van der Waals surface area contributed by atoms with Crippen LogP contribution in [0.1, 0.15) is 69.6 Å². The van der Waals surface area contributed by atoms with Crippen LogP contribution in [0.3, 0.4) is 0 Å². The van der Waals surface area contributed by atoms with Crippen LogP contribution in [0.5, 0.6) is 0 Å². The smallest absolute Gasteiger partial charge is 0.0940 e. The van der Waals surface area contributed by atoms with Crippen molar-refractivity contribution in [2.24, 2.45) is 0 Å². The predicted molar refractivity (Wildman–Crippen MR) is 116 cm³/mol. The summed E-state index contributed by atoms with van der Waals surface area (Å²) in [5, 5.41) is 15.1. The SMILES string of the molecule is CC(C)Sc1ccc(C(O)C(C)N[C@H]2CCC[C@@H](c3ccccc3)C2)cc1. The van der Waals surface area contributed by atoms with Gasteiger partial charge in [-0.3, -0.25) is 0 Å². The van der Waals surface area contributed by atoms with Crippen molar-refractivity contribution in [1.82, 2.24) is 5.32 Å². The Kier molecular flexibility index (Phi) is 7.40. The van der Waals surface area contributed by atoms with E-state index in [0.29, 0.717) is 17.2 Å². The van der Waals surface area contributed by atoms with Crippen LogP contribution in [0.25, 0.3) is 0 Å². The molecule has 3 rings (SSSR count). The number of rotatable bonds is 7. The minimum Gasteiger partial charge on any atom is -0.387 e. The third-order valence-corrected chi connectivity index (χ3v) is 6.53. The molecule has 146 valence electrons. The molecule has 27 heavy (non-hydrogen) atoms. The van der Waals surface area contributed by atoms with Gasteiger partial charge in [0.2, 0.25) is 0 Å². The van der Waals surface area contributed by atoms with E-state index >= 15 is 0 Å². The van der Waals surface area contributed by atoms with E-state index in [-0.39, 0.29) is 6.04 Å². The van der Waals surface area contributed by atoms with Crippen LogP contribution >= 0.6 is 11.8 Å². The molecule has 2 nitrogen and oxygen atoms in total. The van der Waals surface area contributed by atoms with E-state index in [2.05, 4.69) is 80.7 Å².